The van der Waals surface area contributed by atoms with Crippen molar-refractivity contribution in [2.75, 3.05) is 11.4 Å². The van der Waals surface area contributed by atoms with E-state index in [1.54, 1.807) is 0 Å². The molecule has 0 spiro atoms. The van der Waals surface area contributed by atoms with Gasteiger partial charge in [0.15, 0.2) is 0 Å². The highest BCUT2D eigenvalue weighted by Gasteiger charge is 2.27. The normalized spacial score (nSPS) is 17.9. The summed E-state index contributed by atoms with van der Waals surface area (Å²) < 4.78 is 0. The van der Waals surface area contributed by atoms with E-state index in [-0.39, 0.29) is 0 Å². The van der Waals surface area contributed by atoms with Crippen molar-refractivity contribution in [3.63, 3.8) is 0 Å². The minimum atomic E-state index is 0.374. The molecule has 0 amide bonds. The fraction of sp³-hybridized carbons (Fsp3) is 0.312. The molecule has 3 rings (SSSR count). The summed E-state index contributed by atoms with van der Waals surface area (Å²) in [6.07, 6.45) is 1.10. The maximum absolute atomic E-state index is 5.92. The number of para-hydroxylation sites is 1. The summed E-state index contributed by atoms with van der Waals surface area (Å²) >= 11 is 7.10. The molecule has 4 heteroatoms. The van der Waals surface area contributed by atoms with Gasteiger partial charge in [0.25, 0.3) is 0 Å². The van der Waals surface area contributed by atoms with Gasteiger partial charge in [-0.1, -0.05) is 24.4 Å². The van der Waals surface area contributed by atoms with Crippen molar-refractivity contribution >= 4 is 34.2 Å². The molecule has 2 heterocycles. The second kappa shape index (κ2) is 5.19. The minimum Gasteiger partial charge on any atom is -0.389 e. The highest BCUT2D eigenvalue weighted by atomic mass is 32.1. The Labute approximate surface area is 129 Å². The van der Waals surface area contributed by atoms with Crippen molar-refractivity contribution in [3.05, 3.63) is 51.2 Å². The van der Waals surface area contributed by atoms with Crippen molar-refractivity contribution in [2.24, 2.45) is 5.73 Å². The Morgan fingerprint density at radius 2 is 2.20 bits per heavy atom. The largest absolute Gasteiger partial charge is 0.389 e. The molecule has 0 aliphatic carbocycles. The average molecular weight is 302 g/mol. The molecule has 1 unspecified atom stereocenters. The smallest absolute Gasteiger partial charge is 0.106 e. The van der Waals surface area contributed by atoms with E-state index in [1.165, 1.54) is 21.7 Å². The monoisotopic (exact) mass is 302 g/mol. The van der Waals surface area contributed by atoms with E-state index in [1.807, 2.05) is 23.5 Å². The third-order valence-corrected chi connectivity index (χ3v) is 5.28. The maximum atomic E-state index is 5.92. The number of aryl methyl sites for hydroxylation is 1. The molecule has 1 aliphatic rings. The number of fused-ring (bicyclic) bond motifs is 1. The van der Waals surface area contributed by atoms with Crippen molar-refractivity contribution in [2.45, 2.75) is 26.3 Å². The third-order valence-electron chi connectivity index (χ3n) is 4.07. The highest BCUT2D eigenvalue weighted by Crippen LogP contribution is 2.38. The summed E-state index contributed by atoms with van der Waals surface area (Å²) in [6, 6.07) is 8.81. The fourth-order valence-corrected chi connectivity index (χ4v) is 4.18. The summed E-state index contributed by atoms with van der Waals surface area (Å²) in [7, 11) is 0. The van der Waals surface area contributed by atoms with E-state index in [0.717, 1.165) is 18.5 Å². The number of anilines is 1. The fourth-order valence-electron chi connectivity index (χ4n) is 3.05. The summed E-state index contributed by atoms with van der Waals surface area (Å²) in [5.41, 5.74) is 10.8. The van der Waals surface area contributed by atoms with Gasteiger partial charge < -0.3 is 10.6 Å². The standard InChI is InChI=1S/C16H18N2S2/c1-10-4-3-5-13(16(17)19)15(10)18-8-6-14-12(11(18)2)7-9-20-14/h3-5,7,9,11H,6,8H2,1-2H3,(H2,17,19). The molecule has 2 aromatic rings. The first kappa shape index (κ1) is 13.6. The van der Waals surface area contributed by atoms with Crippen LogP contribution in [0.5, 0.6) is 0 Å². The number of thiocarbonyl (C=S) groups is 1. The predicted molar refractivity (Wildman–Crippen MR) is 90.9 cm³/mol. The second-order valence-electron chi connectivity index (χ2n) is 5.25. The zero-order chi connectivity index (χ0) is 14.3. The molecule has 0 saturated heterocycles. The Bertz CT molecular complexity index is 660. The number of nitrogens with two attached hydrogens (primary N) is 1. The summed E-state index contributed by atoms with van der Waals surface area (Å²) in [5, 5.41) is 2.19. The van der Waals surface area contributed by atoms with Gasteiger partial charge in [-0.15, -0.1) is 11.3 Å². The Morgan fingerprint density at radius 3 is 2.95 bits per heavy atom. The van der Waals surface area contributed by atoms with Crippen molar-refractivity contribution in [3.8, 4) is 0 Å². The topological polar surface area (TPSA) is 29.3 Å². The van der Waals surface area contributed by atoms with Crippen LogP contribution >= 0.6 is 23.6 Å². The molecule has 1 aliphatic heterocycles. The number of nitrogens with zero attached hydrogens (tertiary/aromatic N) is 1. The zero-order valence-electron chi connectivity index (χ0n) is 11.7. The zero-order valence-corrected chi connectivity index (χ0v) is 13.4. The molecule has 2 N–H and O–H groups in total. The average Bonchev–Trinajstić information content (AvgIpc) is 2.89. The van der Waals surface area contributed by atoms with E-state index in [0.29, 0.717) is 11.0 Å². The quantitative estimate of drug-likeness (QED) is 0.855. The molecule has 104 valence electrons. The van der Waals surface area contributed by atoms with Gasteiger partial charge >= 0.3 is 0 Å². The van der Waals surface area contributed by atoms with Crippen LogP contribution in [0.4, 0.5) is 5.69 Å². The van der Waals surface area contributed by atoms with Crippen LogP contribution in [0.1, 0.15) is 34.5 Å². The van der Waals surface area contributed by atoms with E-state index in [2.05, 4.69) is 36.3 Å². The Balaban J connectivity index is 2.09. The third kappa shape index (κ3) is 2.13. The molecular formula is C16H18N2S2. The van der Waals surface area contributed by atoms with Gasteiger partial charge in [-0.05, 0) is 48.9 Å². The van der Waals surface area contributed by atoms with Gasteiger partial charge in [-0.3, -0.25) is 0 Å². The lowest BCUT2D eigenvalue weighted by molar-refractivity contribution is 0.631. The lowest BCUT2D eigenvalue weighted by Gasteiger charge is -2.37. The molecular weight excluding hydrogens is 284 g/mol. The predicted octanol–water partition coefficient (Wildman–Crippen LogP) is 3.81. The highest BCUT2D eigenvalue weighted by molar-refractivity contribution is 7.80. The summed E-state index contributed by atoms with van der Waals surface area (Å²) in [4.78, 5) is 4.44. The molecule has 20 heavy (non-hydrogen) atoms. The summed E-state index contributed by atoms with van der Waals surface area (Å²) in [6.45, 7) is 5.42. The van der Waals surface area contributed by atoms with E-state index in [9.17, 15) is 0 Å². The van der Waals surface area contributed by atoms with Gasteiger partial charge in [-0.25, -0.2) is 0 Å². The molecule has 1 atom stereocenters. The Morgan fingerprint density at radius 1 is 1.40 bits per heavy atom. The second-order valence-corrected chi connectivity index (χ2v) is 6.69. The number of thiophene rings is 1. The van der Waals surface area contributed by atoms with Crippen LogP contribution in [-0.4, -0.2) is 11.5 Å². The molecule has 0 bridgehead atoms. The van der Waals surface area contributed by atoms with Gasteiger partial charge in [0.2, 0.25) is 0 Å². The first-order valence-electron chi connectivity index (χ1n) is 6.82. The molecule has 1 aromatic carbocycles. The van der Waals surface area contributed by atoms with E-state index < -0.39 is 0 Å². The van der Waals surface area contributed by atoms with Crippen LogP contribution < -0.4 is 10.6 Å². The molecule has 0 saturated carbocycles. The van der Waals surface area contributed by atoms with Gasteiger partial charge in [0.1, 0.15) is 4.99 Å². The number of hydrogen-bond acceptors (Lipinski definition) is 3. The van der Waals surface area contributed by atoms with Crippen LogP contribution in [0.3, 0.4) is 0 Å². The lowest BCUT2D eigenvalue weighted by Crippen LogP contribution is -2.35. The first-order valence-corrected chi connectivity index (χ1v) is 8.10. The van der Waals surface area contributed by atoms with Crippen LogP contribution in [0.15, 0.2) is 29.6 Å². The SMILES string of the molecule is Cc1cccc(C(N)=S)c1N1CCc2sccc2C1C. The van der Waals surface area contributed by atoms with E-state index >= 15 is 0 Å². The number of rotatable bonds is 2. The maximum Gasteiger partial charge on any atom is 0.106 e. The van der Waals surface area contributed by atoms with Gasteiger partial charge in [0, 0.05) is 17.0 Å². The van der Waals surface area contributed by atoms with Gasteiger partial charge in [0.05, 0.1) is 11.7 Å². The Kier molecular flexibility index (Phi) is 3.52. The lowest BCUT2D eigenvalue weighted by atomic mass is 9.97. The molecule has 0 radical (unpaired) electrons. The van der Waals surface area contributed by atoms with Crippen molar-refractivity contribution in [1.29, 1.82) is 0 Å². The molecule has 0 fully saturated rings. The van der Waals surface area contributed by atoms with Crippen LogP contribution in [0.25, 0.3) is 0 Å². The summed E-state index contributed by atoms with van der Waals surface area (Å²) in [5.74, 6) is 0. The molecule has 1 aromatic heterocycles. The first-order chi connectivity index (χ1) is 9.59. The van der Waals surface area contributed by atoms with E-state index in [4.69, 9.17) is 18.0 Å². The van der Waals surface area contributed by atoms with Gasteiger partial charge in [-0.2, -0.15) is 0 Å². The van der Waals surface area contributed by atoms with Crippen LogP contribution in [0, 0.1) is 6.92 Å². The van der Waals surface area contributed by atoms with Crippen molar-refractivity contribution < 1.29 is 0 Å². The molecule has 2 nitrogen and oxygen atoms in total. The number of hydrogen-bond donors (Lipinski definition) is 1. The Hall–Kier alpha value is -1.39. The number of benzene rings is 1. The van der Waals surface area contributed by atoms with Crippen LogP contribution in [0.2, 0.25) is 0 Å². The minimum absolute atomic E-state index is 0.374. The van der Waals surface area contributed by atoms with Crippen molar-refractivity contribution in [1.82, 2.24) is 0 Å². The van der Waals surface area contributed by atoms with Crippen LogP contribution in [-0.2, 0) is 6.42 Å².